The van der Waals surface area contributed by atoms with Gasteiger partial charge in [-0.05, 0) is 36.1 Å². The highest BCUT2D eigenvalue weighted by Gasteiger charge is 2.15. The second kappa shape index (κ2) is 8.93. The first kappa shape index (κ1) is 19.9. The summed E-state index contributed by atoms with van der Waals surface area (Å²) in [6.07, 6.45) is 1.62. The zero-order valence-electron chi connectivity index (χ0n) is 16.5. The molecule has 28 heavy (non-hydrogen) atoms. The summed E-state index contributed by atoms with van der Waals surface area (Å²) in [7, 11) is 1.62. The summed E-state index contributed by atoms with van der Waals surface area (Å²) < 4.78 is 7.24. The van der Waals surface area contributed by atoms with E-state index < -0.39 is 0 Å². The molecule has 0 unspecified atom stereocenters. The molecule has 146 valence electrons. The van der Waals surface area contributed by atoms with Crippen LogP contribution >= 0.6 is 11.8 Å². The number of rotatable bonds is 7. The highest BCUT2D eigenvalue weighted by atomic mass is 32.2. The maximum atomic E-state index is 12.6. The van der Waals surface area contributed by atoms with E-state index in [2.05, 4.69) is 35.4 Å². The molecule has 0 saturated carbocycles. The van der Waals surface area contributed by atoms with Gasteiger partial charge in [0.15, 0.2) is 5.16 Å². The van der Waals surface area contributed by atoms with Crippen LogP contribution in [0.5, 0.6) is 5.75 Å². The molecule has 6 nitrogen and oxygen atoms in total. The van der Waals surface area contributed by atoms with Crippen molar-refractivity contribution in [2.45, 2.75) is 31.8 Å². The van der Waals surface area contributed by atoms with Crippen LogP contribution in [0, 0.1) is 6.92 Å². The summed E-state index contributed by atoms with van der Waals surface area (Å²) >= 11 is 1.34. The van der Waals surface area contributed by atoms with Gasteiger partial charge in [0.05, 0.1) is 18.6 Å². The Morgan fingerprint density at radius 3 is 2.75 bits per heavy atom. The Hall–Kier alpha value is -2.80. The molecule has 0 aliphatic rings. The van der Waals surface area contributed by atoms with Crippen LogP contribution in [0.25, 0.3) is 5.69 Å². The fourth-order valence-corrected chi connectivity index (χ4v) is 3.69. The number of para-hydroxylation sites is 3. The van der Waals surface area contributed by atoms with E-state index in [1.54, 1.807) is 13.4 Å². The van der Waals surface area contributed by atoms with Gasteiger partial charge in [-0.3, -0.25) is 9.36 Å². The Kier molecular flexibility index (Phi) is 6.36. The number of amides is 1. The molecule has 0 bridgehead atoms. The van der Waals surface area contributed by atoms with Gasteiger partial charge in [-0.15, -0.1) is 10.2 Å². The topological polar surface area (TPSA) is 69.0 Å². The van der Waals surface area contributed by atoms with E-state index in [0.717, 1.165) is 28.3 Å². The summed E-state index contributed by atoms with van der Waals surface area (Å²) in [6.45, 7) is 6.25. The van der Waals surface area contributed by atoms with Crippen molar-refractivity contribution in [3.63, 3.8) is 0 Å². The minimum absolute atomic E-state index is 0.0734. The standard InChI is InChI=1S/C21H24N4O2S/c1-14(2)16-9-7-8-15(3)20(16)23-19(26)12-28-21-24-22-13-25(21)17-10-5-6-11-18(17)27-4/h5-11,13-14H,12H2,1-4H3,(H,23,26). The minimum Gasteiger partial charge on any atom is -0.495 e. The van der Waals surface area contributed by atoms with Crippen LogP contribution in [0.1, 0.15) is 30.9 Å². The lowest BCUT2D eigenvalue weighted by Gasteiger charge is -2.16. The fraction of sp³-hybridized carbons (Fsp3) is 0.286. The van der Waals surface area contributed by atoms with Crippen molar-refractivity contribution >= 4 is 23.4 Å². The summed E-state index contributed by atoms with van der Waals surface area (Å²) in [6, 6.07) is 13.7. The monoisotopic (exact) mass is 396 g/mol. The van der Waals surface area contributed by atoms with E-state index in [9.17, 15) is 4.79 Å². The second-order valence-corrected chi connectivity index (χ2v) is 7.63. The zero-order valence-corrected chi connectivity index (χ0v) is 17.3. The van der Waals surface area contributed by atoms with Crippen LogP contribution in [0.2, 0.25) is 0 Å². The van der Waals surface area contributed by atoms with Crippen LogP contribution in [0.15, 0.2) is 53.9 Å². The van der Waals surface area contributed by atoms with Crippen LogP contribution < -0.4 is 10.1 Å². The van der Waals surface area contributed by atoms with Crippen molar-refractivity contribution in [1.82, 2.24) is 14.8 Å². The molecule has 1 aromatic heterocycles. The van der Waals surface area contributed by atoms with Crippen molar-refractivity contribution in [3.05, 3.63) is 59.9 Å². The first-order valence-corrected chi connectivity index (χ1v) is 10.1. The average molecular weight is 397 g/mol. The number of nitrogens with one attached hydrogen (secondary N) is 1. The number of benzene rings is 2. The number of thioether (sulfide) groups is 1. The number of carbonyl (C=O) groups is 1. The molecular formula is C21H24N4O2S. The lowest BCUT2D eigenvalue weighted by atomic mass is 9.98. The van der Waals surface area contributed by atoms with Gasteiger partial charge in [0.1, 0.15) is 12.1 Å². The first-order valence-electron chi connectivity index (χ1n) is 9.06. The molecule has 3 aromatic rings. The third kappa shape index (κ3) is 4.36. The number of carbonyl (C=O) groups excluding carboxylic acids is 1. The van der Waals surface area contributed by atoms with Gasteiger partial charge >= 0.3 is 0 Å². The maximum Gasteiger partial charge on any atom is 0.234 e. The largest absolute Gasteiger partial charge is 0.495 e. The number of aryl methyl sites for hydroxylation is 1. The van der Waals surface area contributed by atoms with Gasteiger partial charge in [0.25, 0.3) is 0 Å². The van der Waals surface area contributed by atoms with E-state index >= 15 is 0 Å². The molecule has 0 radical (unpaired) electrons. The molecule has 1 heterocycles. The number of aromatic nitrogens is 3. The molecule has 1 amide bonds. The summed E-state index contributed by atoms with van der Waals surface area (Å²) in [5.41, 5.74) is 3.92. The molecule has 7 heteroatoms. The van der Waals surface area contributed by atoms with Crippen molar-refractivity contribution < 1.29 is 9.53 Å². The number of nitrogens with zero attached hydrogens (tertiary/aromatic N) is 3. The highest BCUT2D eigenvalue weighted by molar-refractivity contribution is 7.99. The Morgan fingerprint density at radius 2 is 2.00 bits per heavy atom. The molecule has 0 fully saturated rings. The molecule has 0 aliphatic carbocycles. The Labute approximate surface area is 169 Å². The average Bonchev–Trinajstić information content (AvgIpc) is 3.16. The van der Waals surface area contributed by atoms with Crippen LogP contribution in [0.3, 0.4) is 0 Å². The number of anilines is 1. The van der Waals surface area contributed by atoms with Gasteiger partial charge in [0, 0.05) is 5.69 Å². The fourth-order valence-electron chi connectivity index (χ4n) is 2.96. The van der Waals surface area contributed by atoms with Gasteiger partial charge in [-0.1, -0.05) is 55.9 Å². The Morgan fingerprint density at radius 1 is 1.21 bits per heavy atom. The highest BCUT2D eigenvalue weighted by Crippen LogP contribution is 2.29. The SMILES string of the molecule is COc1ccccc1-n1cnnc1SCC(=O)Nc1c(C)cccc1C(C)C. The van der Waals surface area contributed by atoms with Crippen molar-refractivity contribution in [3.8, 4) is 11.4 Å². The van der Waals surface area contributed by atoms with Gasteiger partial charge in [0.2, 0.25) is 5.91 Å². The Balaban J connectivity index is 1.73. The smallest absolute Gasteiger partial charge is 0.234 e. The van der Waals surface area contributed by atoms with Crippen molar-refractivity contribution in [1.29, 1.82) is 0 Å². The first-order chi connectivity index (χ1) is 13.5. The van der Waals surface area contributed by atoms with Gasteiger partial charge in [-0.2, -0.15) is 0 Å². The lowest BCUT2D eigenvalue weighted by molar-refractivity contribution is -0.113. The maximum absolute atomic E-state index is 12.6. The normalized spacial score (nSPS) is 10.9. The van der Waals surface area contributed by atoms with E-state index in [4.69, 9.17) is 4.74 Å². The summed E-state index contributed by atoms with van der Waals surface area (Å²) in [5, 5.41) is 11.8. The van der Waals surface area contributed by atoms with E-state index in [0.29, 0.717) is 11.1 Å². The summed E-state index contributed by atoms with van der Waals surface area (Å²) in [5.74, 6) is 1.21. The van der Waals surface area contributed by atoms with Crippen LogP contribution in [-0.4, -0.2) is 33.5 Å². The molecule has 0 spiro atoms. The van der Waals surface area contributed by atoms with Crippen molar-refractivity contribution in [2.24, 2.45) is 0 Å². The minimum atomic E-state index is -0.0734. The zero-order chi connectivity index (χ0) is 20.1. The molecule has 1 N–H and O–H groups in total. The third-order valence-corrected chi connectivity index (χ3v) is 5.33. The number of methoxy groups -OCH3 is 1. The van der Waals surface area contributed by atoms with Gasteiger partial charge < -0.3 is 10.1 Å². The number of hydrogen-bond acceptors (Lipinski definition) is 5. The predicted octanol–water partition coefficient (Wildman–Crippen LogP) is 4.44. The quantitative estimate of drug-likeness (QED) is 0.598. The molecule has 0 aliphatic heterocycles. The third-order valence-electron chi connectivity index (χ3n) is 4.38. The van der Waals surface area contributed by atoms with Crippen LogP contribution in [-0.2, 0) is 4.79 Å². The van der Waals surface area contributed by atoms with Gasteiger partial charge in [-0.25, -0.2) is 0 Å². The number of hydrogen-bond donors (Lipinski definition) is 1. The number of ether oxygens (including phenoxy) is 1. The lowest BCUT2D eigenvalue weighted by Crippen LogP contribution is -2.17. The van der Waals surface area contributed by atoms with E-state index in [-0.39, 0.29) is 11.7 Å². The van der Waals surface area contributed by atoms with E-state index in [1.807, 2.05) is 47.9 Å². The van der Waals surface area contributed by atoms with Crippen LogP contribution in [0.4, 0.5) is 5.69 Å². The molecular weight excluding hydrogens is 372 g/mol. The molecule has 0 saturated heterocycles. The molecule has 2 aromatic carbocycles. The molecule has 3 rings (SSSR count). The Bertz CT molecular complexity index is 969. The van der Waals surface area contributed by atoms with Crippen molar-refractivity contribution in [2.75, 3.05) is 18.2 Å². The van der Waals surface area contributed by atoms with E-state index in [1.165, 1.54) is 11.8 Å². The summed E-state index contributed by atoms with van der Waals surface area (Å²) in [4.78, 5) is 12.6. The predicted molar refractivity (Wildman–Crippen MR) is 113 cm³/mol. The molecule has 0 atom stereocenters. The second-order valence-electron chi connectivity index (χ2n) is 6.69.